The van der Waals surface area contributed by atoms with Gasteiger partial charge in [0.1, 0.15) is 5.82 Å². The Hall–Kier alpha value is -3.03. The molecule has 0 atom stereocenters. The average Bonchev–Trinajstić information content (AvgIpc) is 2.74. The number of hydrogen-bond donors (Lipinski definition) is 1. The van der Waals surface area contributed by atoms with E-state index in [-0.39, 0.29) is 34.8 Å². The minimum atomic E-state index is -0.415. The highest BCUT2D eigenvalue weighted by Gasteiger charge is 2.33. The molecule has 0 unspecified atom stereocenters. The van der Waals surface area contributed by atoms with Crippen LogP contribution in [-0.4, -0.2) is 53.1 Å². The van der Waals surface area contributed by atoms with Gasteiger partial charge >= 0.3 is 0 Å². The number of carbonyl (C=O) groups excluding carboxylic acids is 2. The van der Waals surface area contributed by atoms with Crippen molar-refractivity contribution in [1.29, 1.82) is 0 Å². The van der Waals surface area contributed by atoms with Crippen LogP contribution in [0.5, 0.6) is 0 Å². The second-order valence-electron chi connectivity index (χ2n) is 10.3. The Labute approximate surface area is 194 Å². The van der Waals surface area contributed by atoms with Crippen LogP contribution in [0.1, 0.15) is 51.5 Å². The summed E-state index contributed by atoms with van der Waals surface area (Å²) in [6.45, 7) is 8.75. The third kappa shape index (κ3) is 5.67. The number of carbonyl (C=O) groups is 2. The van der Waals surface area contributed by atoms with Crippen molar-refractivity contribution in [3.05, 3.63) is 48.0 Å². The number of aromatic nitrogens is 2. The van der Waals surface area contributed by atoms with Gasteiger partial charge in [0.25, 0.3) is 0 Å². The van der Waals surface area contributed by atoms with Crippen LogP contribution >= 0.6 is 0 Å². The molecule has 33 heavy (non-hydrogen) atoms. The molecule has 2 fully saturated rings. The highest BCUT2D eigenvalue weighted by Crippen LogP contribution is 2.32. The predicted octanol–water partition coefficient (Wildman–Crippen LogP) is 3.83. The maximum atomic E-state index is 14.8. The molecule has 1 aromatic heterocycles. The molecule has 2 aromatic rings. The van der Waals surface area contributed by atoms with E-state index in [4.69, 9.17) is 0 Å². The van der Waals surface area contributed by atoms with Gasteiger partial charge in [0.15, 0.2) is 0 Å². The molecule has 2 aliphatic rings. The summed E-state index contributed by atoms with van der Waals surface area (Å²) in [6.07, 6.45) is 5.47. The Bertz CT molecular complexity index is 994. The van der Waals surface area contributed by atoms with Crippen LogP contribution in [0.3, 0.4) is 0 Å². The summed E-state index contributed by atoms with van der Waals surface area (Å²) in [5.74, 6) is -0.364. The zero-order valence-corrected chi connectivity index (χ0v) is 19.6. The van der Waals surface area contributed by atoms with Crippen LogP contribution in [0.4, 0.5) is 15.8 Å². The highest BCUT2D eigenvalue weighted by molar-refractivity contribution is 5.94. The van der Waals surface area contributed by atoms with E-state index in [1.807, 2.05) is 21.9 Å². The van der Waals surface area contributed by atoms with Crippen LogP contribution in [0.15, 0.2) is 36.7 Å². The number of anilines is 2. The summed E-state index contributed by atoms with van der Waals surface area (Å²) in [7, 11) is 0. The number of hydrogen-bond acceptors (Lipinski definition) is 5. The Morgan fingerprint density at radius 3 is 2.45 bits per heavy atom. The summed E-state index contributed by atoms with van der Waals surface area (Å²) in [5, 5.41) is 10.3. The van der Waals surface area contributed by atoms with Crippen molar-refractivity contribution in [1.82, 2.24) is 15.1 Å². The molecular weight excluding hydrogens is 421 g/mol. The molecule has 0 aliphatic carbocycles. The fraction of sp³-hybridized carbons (Fsp3) is 0.520. The molecule has 0 saturated carbocycles. The fourth-order valence-corrected chi connectivity index (χ4v) is 4.48. The maximum absolute atomic E-state index is 14.8. The standard InChI is InChI=1S/C25H32FN5O2/c1-25(2,3)13-23(32)30-10-7-17(8-11-30)18-4-5-22(21(26)12-18)29-24(33)19-15-31(16-19)20-6-9-27-28-14-20/h4-6,9,12,14,17,19H,7-8,10-11,13,15-16H2,1-3H3,(H,29,33). The lowest BCUT2D eigenvalue weighted by atomic mass is 9.87. The van der Waals surface area contributed by atoms with Crippen molar-refractivity contribution in [2.24, 2.45) is 11.3 Å². The number of rotatable bonds is 5. The third-order valence-electron chi connectivity index (χ3n) is 6.44. The van der Waals surface area contributed by atoms with E-state index in [1.54, 1.807) is 18.5 Å². The maximum Gasteiger partial charge on any atom is 0.231 e. The number of nitrogens with zero attached hydrogens (tertiary/aromatic N) is 4. The number of nitrogens with one attached hydrogen (secondary N) is 1. The van der Waals surface area contributed by atoms with Crippen molar-refractivity contribution in [2.75, 3.05) is 36.4 Å². The number of halogens is 1. The quantitative estimate of drug-likeness (QED) is 0.744. The second kappa shape index (κ2) is 9.45. The topological polar surface area (TPSA) is 78.4 Å². The molecule has 7 nitrogen and oxygen atoms in total. The predicted molar refractivity (Wildman–Crippen MR) is 125 cm³/mol. The Kier molecular flexibility index (Phi) is 6.63. The van der Waals surface area contributed by atoms with Crippen LogP contribution in [0.25, 0.3) is 0 Å². The van der Waals surface area contributed by atoms with Crippen LogP contribution in [-0.2, 0) is 9.59 Å². The van der Waals surface area contributed by atoms with Gasteiger partial charge < -0.3 is 15.1 Å². The fourth-order valence-electron chi connectivity index (χ4n) is 4.48. The van der Waals surface area contributed by atoms with Gasteiger partial charge in [0, 0.05) is 32.6 Å². The zero-order chi connectivity index (χ0) is 23.6. The van der Waals surface area contributed by atoms with Gasteiger partial charge in [-0.3, -0.25) is 9.59 Å². The largest absolute Gasteiger partial charge is 0.368 e. The van der Waals surface area contributed by atoms with Crippen LogP contribution in [0, 0.1) is 17.2 Å². The van der Waals surface area contributed by atoms with Gasteiger partial charge in [-0.05, 0) is 47.9 Å². The Morgan fingerprint density at radius 2 is 1.85 bits per heavy atom. The SMILES string of the molecule is CC(C)(C)CC(=O)N1CCC(c2ccc(NC(=O)C3CN(c4ccnnc4)C3)c(F)c2)CC1. The lowest BCUT2D eigenvalue weighted by Gasteiger charge is -2.39. The molecule has 4 rings (SSSR count). The van der Waals surface area contributed by atoms with Crippen molar-refractivity contribution in [3.63, 3.8) is 0 Å². The van der Waals surface area contributed by atoms with Gasteiger partial charge in [0.2, 0.25) is 11.8 Å². The highest BCUT2D eigenvalue weighted by atomic mass is 19.1. The minimum absolute atomic E-state index is 0.0225. The molecule has 1 aromatic carbocycles. The van der Waals surface area contributed by atoms with E-state index in [0.29, 0.717) is 32.6 Å². The first kappa shape index (κ1) is 23.1. The zero-order valence-electron chi connectivity index (χ0n) is 19.6. The smallest absolute Gasteiger partial charge is 0.231 e. The van der Waals surface area contributed by atoms with Gasteiger partial charge in [-0.2, -0.15) is 10.2 Å². The summed E-state index contributed by atoms with van der Waals surface area (Å²) < 4.78 is 14.8. The first-order valence-electron chi connectivity index (χ1n) is 11.6. The van der Waals surface area contributed by atoms with Gasteiger partial charge in [-0.15, -0.1) is 0 Å². The molecule has 176 valence electrons. The van der Waals surface area contributed by atoms with E-state index >= 15 is 0 Å². The Morgan fingerprint density at radius 1 is 1.12 bits per heavy atom. The Balaban J connectivity index is 1.28. The van der Waals surface area contributed by atoms with Gasteiger partial charge in [-0.1, -0.05) is 26.8 Å². The number of likely N-dealkylation sites (tertiary alicyclic amines) is 1. The van der Waals surface area contributed by atoms with Crippen LogP contribution < -0.4 is 10.2 Å². The monoisotopic (exact) mass is 453 g/mol. The first-order valence-corrected chi connectivity index (χ1v) is 11.6. The van der Waals surface area contributed by atoms with Crippen molar-refractivity contribution in [2.45, 2.75) is 46.0 Å². The molecule has 2 aliphatic heterocycles. The molecule has 0 radical (unpaired) electrons. The summed E-state index contributed by atoms with van der Waals surface area (Å²) in [6, 6.07) is 6.93. The number of piperidine rings is 1. The lowest BCUT2D eigenvalue weighted by Crippen LogP contribution is -2.52. The molecule has 8 heteroatoms. The summed E-state index contributed by atoms with van der Waals surface area (Å²) in [5.41, 5.74) is 2.04. The second-order valence-corrected chi connectivity index (χ2v) is 10.3. The van der Waals surface area contributed by atoms with E-state index < -0.39 is 5.82 Å². The summed E-state index contributed by atoms with van der Waals surface area (Å²) in [4.78, 5) is 29.0. The minimum Gasteiger partial charge on any atom is -0.368 e. The van der Waals surface area contributed by atoms with E-state index in [2.05, 4.69) is 36.3 Å². The van der Waals surface area contributed by atoms with Crippen molar-refractivity contribution >= 4 is 23.2 Å². The van der Waals surface area contributed by atoms with Gasteiger partial charge in [-0.25, -0.2) is 4.39 Å². The lowest BCUT2D eigenvalue weighted by molar-refractivity contribution is -0.134. The summed E-state index contributed by atoms with van der Waals surface area (Å²) >= 11 is 0. The van der Waals surface area contributed by atoms with Gasteiger partial charge in [0.05, 0.1) is 29.7 Å². The van der Waals surface area contributed by atoms with Crippen molar-refractivity contribution in [3.8, 4) is 0 Å². The molecule has 0 spiro atoms. The number of benzene rings is 1. The number of amides is 2. The molecule has 3 heterocycles. The molecule has 1 N–H and O–H groups in total. The average molecular weight is 454 g/mol. The molecule has 0 bridgehead atoms. The van der Waals surface area contributed by atoms with Crippen molar-refractivity contribution < 1.29 is 14.0 Å². The first-order chi connectivity index (χ1) is 15.7. The third-order valence-corrected chi connectivity index (χ3v) is 6.44. The molecular formula is C25H32FN5O2. The molecule has 2 amide bonds. The normalized spacial score (nSPS) is 17.6. The van der Waals surface area contributed by atoms with Crippen LogP contribution in [0.2, 0.25) is 0 Å². The van der Waals surface area contributed by atoms with E-state index in [9.17, 15) is 14.0 Å². The van der Waals surface area contributed by atoms with E-state index in [0.717, 1.165) is 24.1 Å². The van der Waals surface area contributed by atoms with E-state index in [1.165, 1.54) is 6.07 Å². The molecule has 2 saturated heterocycles.